The molecule has 5 rings (SSSR count). The lowest BCUT2D eigenvalue weighted by atomic mass is 10.0. The summed E-state index contributed by atoms with van der Waals surface area (Å²) in [5, 5.41) is 16.8. The second-order valence-corrected chi connectivity index (χ2v) is 6.53. The minimum atomic E-state index is -3.37. The molecule has 0 spiro atoms. The number of azo groups is 2. The normalized spacial score (nSPS) is 14.5. The summed E-state index contributed by atoms with van der Waals surface area (Å²) in [6.07, 6.45) is 3.44. The van der Waals surface area contributed by atoms with Crippen molar-refractivity contribution in [3.63, 3.8) is 0 Å². The number of hydrogen-bond donors (Lipinski definition) is 0. The Morgan fingerprint density at radius 1 is 1.11 bits per heavy atom. The van der Waals surface area contributed by atoms with Crippen molar-refractivity contribution < 1.29 is 13.5 Å². The van der Waals surface area contributed by atoms with E-state index in [1.165, 1.54) is 12.1 Å². The molecule has 0 radical (unpaired) electrons. The molecule has 0 aliphatic carbocycles. The molecule has 0 saturated heterocycles. The van der Waals surface area contributed by atoms with Crippen molar-refractivity contribution in [2.75, 3.05) is 13.6 Å². The molecule has 4 heterocycles. The van der Waals surface area contributed by atoms with Crippen LogP contribution in [-0.4, -0.2) is 43.1 Å². The number of aromatic nitrogens is 5. The van der Waals surface area contributed by atoms with Gasteiger partial charge in [0.15, 0.2) is 12.7 Å². The van der Waals surface area contributed by atoms with Gasteiger partial charge in [-0.25, -0.2) is 0 Å². The monoisotopic (exact) mass is 378 g/mol. The largest absolute Gasteiger partial charge is 0.333 e. The van der Waals surface area contributed by atoms with Gasteiger partial charge >= 0.3 is 5.92 Å². The zero-order chi connectivity index (χ0) is 19.3. The lowest BCUT2D eigenvalue weighted by Gasteiger charge is -2.15. The van der Waals surface area contributed by atoms with Gasteiger partial charge in [-0.05, 0) is 35.4 Å². The molecule has 0 unspecified atom stereocenters. The van der Waals surface area contributed by atoms with Crippen LogP contribution >= 0.6 is 0 Å². The van der Waals surface area contributed by atoms with Crippen molar-refractivity contribution in [2.45, 2.75) is 5.92 Å². The van der Waals surface area contributed by atoms with Crippen molar-refractivity contribution in [2.24, 2.45) is 5.11 Å². The topological polar surface area (TPSA) is 71.3 Å². The fraction of sp³-hybridized carbons (Fsp3) is 0.158. The Morgan fingerprint density at radius 2 is 2.00 bits per heavy atom. The number of pyridine rings is 1. The van der Waals surface area contributed by atoms with Gasteiger partial charge in [0.2, 0.25) is 12.0 Å². The SMILES string of the molecule is C[N+]1=NCC(c2ccc3nnc(C(F)(F)c4ccc5ncccc5c4)n3n2)=C1. The Labute approximate surface area is 157 Å². The first-order valence-corrected chi connectivity index (χ1v) is 8.60. The molecule has 1 aliphatic heterocycles. The summed E-state index contributed by atoms with van der Waals surface area (Å²) in [7, 11) is 1.80. The molecule has 0 amide bonds. The Balaban J connectivity index is 1.63. The summed E-state index contributed by atoms with van der Waals surface area (Å²) in [6, 6.07) is 11.1. The molecule has 3 aromatic heterocycles. The zero-order valence-electron chi connectivity index (χ0n) is 14.8. The third kappa shape index (κ3) is 2.55. The first-order valence-electron chi connectivity index (χ1n) is 8.60. The maximum absolute atomic E-state index is 15.3. The number of nitrogens with zero attached hydrogens (tertiary/aromatic N) is 7. The Kier molecular flexibility index (Phi) is 3.51. The second kappa shape index (κ2) is 5.95. The number of benzene rings is 1. The van der Waals surface area contributed by atoms with Crippen molar-refractivity contribution in [1.82, 2.24) is 24.8 Å². The standard InChI is InChI=1S/C19H14F2N7/c1-27-11-13(10-23-27)16-6-7-17-24-25-18(28(17)26-16)19(20,21)14-4-5-15-12(9-14)3-2-8-22-15/h2-9,11H,10H2,1H3/q+1. The third-order valence-electron chi connectivity index (χ3n) is 4.65. The van der Waals surface area contributed by atoms with Gasteiger partial charge in [0.1, 0.15) is 6.54 Å². The zero-order valence-corrected chi connectivity index (χ0v) is 14.8. The summed E-state index contributed by atoms with van der Waals surface area (Å²) in [4.78, 5) is 4.17. The number of halogens is 2. The van der Waals surface area contributed by atoms with Crippen LogP contribution in [0.3, 0.4) is 0 Å². The van der Waals surface area contributed by atoms with E-state index in [2.05, 4.69) is 25.4 Å². The Bertz CT molecular complexity index is 1290. The smallest absolute Gasteiger partial charge is 0.256 e. The molecule has 1 aromatic carbocycles. The van der Waals surface area contributed by atoms with Crippen LogP contribution in [0.15, 0.2) is 60.0 Å². The molecule has 4 aromatic rings. The van der Waals surface area contributed by atoms with E-state index in [1.807, 2.05) is 6.20 Å². The summed E-state index contributed by atoms with van der Waals surface area (Å²) in [5.41, 5.74) is 2.10. The number of fused-ring (bicyclic) bond motifs is 2. The highest BCUT2D eigenvalue weighted by Crippen LogP contribution is 2.35. The summed E-state index contributed by atoms with van der Waals surface area (Å²) < 4.78 is 33.4. The molecule has 0 N–H and O–H groups in total. The highest BCUT2D eigenvalue weighted by atomic mass is 19.3. The number of rotatable bonds is 3. The molecule has 9 heteroatoms. The number of alkyl halides is 2. The van der Waals surface area contributed by atoms with Crippen LogP contribution in [-0.2, 0) is 5.92 Å². The molecule has 0 fully saturated rings. The summed E-state index contributed by atoms with van der Waals surface area (Å²) in [6.45, 7) is 0.445. The molecule has 1 aliphatic rings. The highest BCUT2D eigenvalue weighted by Gasteiger charge is 2.40. The fourth-order valence-electron chi connectivity index (χ4n) is 3.20. The predicted octanol–water partition coefficient (Wildman–Crippen LogP) is 3.26. The molecular weight excluding hydrogens is 364 g/mol. The van der Waals surface area contributed by atoms with Crippen LogP contribution in [0.2, 0.25) is 0 Å². The van der Waals surface area contributed by atoms with E-state index >= 15 is 8.78 Å². The van der Waals surface area contributed by atoms with Crippen LogP contribution < -0.4 is 0 Å². The molecule has 0 saturated carbocycles. The van der Waals surface area contributed by atoms with Gasteiger partial charge in [-0.2, -0.15) is 18.4 Å². The molecular formula is C19H14F2N7+. The summed E-state index contributed by atoms with van der Waals surface area (Å²) in [5.74, 6) is -3.91. The average molecular weight is 378 g/mol. The molecule has 138 valence electrons. The third-order valence-corrected chi connectivity index (χ3v) is 4.65. The van der Waals surface area contributed by atoms with Crippen molar-refractivity contribution in [1.29, 1.82) is 0 Å². The Hall–Kier alpha value is -3.62. The minimum absolute atomic E-state index is 0.190. The van der Waals surface area contributed by atoms with Crippen molar-refractivity contribution in [3.05, 3.63) is 71.9 Å². The van der Waals surface area contributed by atoms with E-state index in [1.54, 1.807) is 48.3 Å². The Morgan fingerprint density at radius 3 is 2.82 bits per heavy atom. The predicted molar refractivity (Wildman–Crippen MR) is 97.0 cm³/mol. The number of hydrogen-bond acceptors (Lipinski definition) is 5. The van der Waals surface area contributed by atoms with E-state index < -0.39 is 11.7 Å². The van der Waals surface area contributed by atoms with Crippen molar-refractivity contribution in [3.8, 4) is 0 Å². The van der Waals surface area contributed by atoms with Gasteiger partial charge in [0.05, 0.1) is 16.8 Å². The molecule has 28 heavy (non-hydrogen) atoms. The van der Waals surface area contributed by atoms with Crippen molar-refractivity contribution >= 4 is 22.1 Å². The van der Waals surface area contributed by atoms with Crippen LogP contribution in [0.25, 0.3) is 22.1 Å². The minimum Gasteiger partial charge on any atom is -0.256 e. The average Bonchev–Trinajstić information content (AvgIpc) is 3.33. The first kappa shape index (κ1) is 16.5. The van der Waals surface area contributed by atoms with Gasteiger partial charge in [0.25, 0.3) is 0 Å². The van der Waals surface area contributed by atoms with E-state index in [0.29, 0.717) is 23.1 Å². The first-order chi connectivity index (χ1) is 13.5. The van der Waals surface area contributed by atoms with E-state index in [9.17, 15) is 0 Å². The maximum atomic E-state index is 15.3. The van der Waals surface area contributed by atoms with Crippen LogP contribution in [0, 0.1) is 0 Å². The molecule has 7 nitrogen and oxygen atoms in total. The van der Waals surface area contributed by atoms with Crippen LogP contribution in [0.4, 0.5) is 8.78 Å². The quantitative estimate of drug-likeness (QED) is 0.513. The molecule has 0 atom stereocenters. The van der Waals surface area contributed by atoms with Gasteiger partial charge in [0, 0.05) is 17.1 Å². The second-order valence-electron chi connectivity index (χ2n) is 6.53. The van der Waals surface area contributed by atoms with E-state index in [-0.39, 0.29) is 11.2 Å². The van der Waals surface area contributed by atoms with E-state index in [0.717, 1.165) is 10.1 Å². The summed E-state index contributed by atoms with van der Waals surface area (Å²) >= 11 is 0. The lowest BCUT2D eigenvalue weighted by molar-refractivity contribution is -0.491. The van der Waals surface area contributed by atoms with Gasteiger partial charge in [-0.1, -0.05) is 16.8 Å². The van der Waals surface area contributed by atoms with Gasteiger partial charge in [-0.15, -0.1) is 10.2 Å². The van der Waals surface area contributed by atoms with Gasteiger partial charge < -0.3 is 0 Å². The van der Waals surface area contributed by atoms with Crippen LogP contribution in [0.1, 0.15) is 17.1 Å². The fourth-order valence-corrected chi connectivity index (χ4v) is 3.20. The maximum Gasteiger partial charge on any atom is 0.333 e. The molecule has 0 bridgehead atoms. The van der Waals surface area contributed by atoms with Gasteiger partial charge in [-0.3, -0.25) is 4.98 Å². The highest BCUT2D eigenvalue weighted by molar-refractivity contribution is 5.79. The lowest BCUT2D eigenvalue weighted by Crippen LogP contribution is -2.20. The van der Waals surface area contributed by atoms with Crippen LogP contribution in [0.5, 0.6) is 0 Å². The van der Waals surface area contributed by atoms with E-state index in [4.69, 9.17) is 0 Å².